The van der Waals surface area contributed by atoms with Crippen LogP contribution in [0.1, 0.15) is 23.6 Å². The van der Waals surface area contributed by atoms with Crippen LogP contribution in [0.15, 0.2) is 65.2 Å². The highest BCUT2D eigenvalue weighted by molar-refractivity contribution is 6.16. The molecule has 0 saturated carbocycles. The highest BCUT2D eigenvalue weighted by atomic mass is 19.4. The van der Waals surface area contributed by atoms with E-state index in [1.165, 1.54) is 18.3 Å². The van der Waals surface area contributed by atoms with Crippen LogP contribution in [0.5, 0.6) is 5.75 Å². The molecule has 6 N–H and O–H groups in total. The molecule has 0 radical (unpaired) electrons. The number of hydrogen-bond acceptors (Lipinski definition) is 6. The van der Waals surface area contributed by atoms with E-state index < -0.39 is 11.7 Å². The molecule has 1 aromatic heterocycles. The maximum Gasteiger partial charge on any atom is 0.419 e. The smallest absolute Gasteiger partial charge is 0.419 e. The number of benzene rings is 1. The number of anilines is 1. The molecule has 0 amide bonds. The summed E-state index contributed by atoms with van der Waals surface area (Å²) < 4.78 is 45.2. The Morgan fingerprint density at radius 1 is 1.20 bits per heavy atom. The molecule has 1 heterocycles. The number of nitrogens with zero attached hydrogens (tertiary/aromatic N) is 2. The lowest BCUT2D eigenvalue weighted by molar-refractivity contribution is -0.138. The molecule has 0 aliphatic rings. The van der Waals surface area contributed by atoms with Crippen molar-refractivity contribution in [3.8, 4) is 17.6 Å². The lowest BCUT2D eigenvalue weighted by Gasteiger charge is -2.15. The minimum atomic E-state index is -4.64. The van der Waals surface area contributed by atoms with Gasteiger partial charge in [0.25, 0.3) is 0 Å². The number of nitrogens with two attached hydrogens (primary N) is 3. The second-order valence-corrected chi connectivity index (χ2v) is 6.14. The van der Waals surface area contributed by atoms with Gasteiger partial charge in [-0.15, -0.1) is 0 Å². The molecule has 156 valence electrons. The average Bonchev–Trinajstić information content (AvgIpc) is 2.67. The van der Waals surface area contributed by atoms with Crippen LogP contribution in [0.25, 0.3) is 0 Å². The number of allylic oxidation sites excluding steroid dienone is 2. The number of halogens is 3. The van der Waals surface area contributed by atoms with E-state index in [2.05, 4.69) is 28.4 Å². The fourth-order valence-corrected chi connectivity index (χ4v) is 2.44. The van der Waals surface area contributed by atoms with Gasteiger partial charge in [-0.3, -0.25) is 0 Å². The SMILES string of the molecule is C=C(N)/N=C(\C(C#Cc1ccc(N)nc1)=C(\C)N)c1ccc(OC)c(C(F)(F)F)c1. The molecule has 6 nitrogen and oxygen atoms in total. The molecule has 2 aromatic rings. The van der Waals surface area contributed by atoms with E-state index in [1.807, 2.05) is 0 Å². The standard InChI is InChI=1S/C21H20F3N5O/c1-12(25)16(7-4-14-5-9-19(27)28-11-14)20(29-13(2)26)15-6-8-18(30-3)17(10-15)21(22,23)24/h5-6,8-11H,2,25-26H2,1,3H3,(H2,27,28)/b16-12-,29-20-. The van der Waals surface area contributed by atoms with Crippen molar-refractivity contribution < 1.29 is 17.9 Å². The number of pyridine rings is 1. The zero-order valence-corrected chi connectivity index (χ0v) is 16.3. The lowest BCUT2D eigenvalue weighted by Crippen LogP contribution is -2.14. The largest absolute Gasteiger partial charge is 0.496 e. The van der Waals surface area contributed by atoms with E-state index in [-0.39, 0.29) is 34.1 Å². The van der Waals surface area contributed by atoms with Crippen molar-refractivity contribution in [3.05, 3.63) is 76.9 Å². The van der Waals surface area contributed by atoms with Gasteiger partial charge < -0.3 is 21.9 Å². The third-order valence-electron chi connectivity index (χ3n) is 3.78. The predicted molar refractivity (Wildman–Crippen MR) is 110 cm³/mol. The quantitative estimate of drug-likeness (QED) is 0.524. The Morgan fingerprint density at radius 2 is 1.90 bits per heavy atom. The molecule has 2 rings (SSSR count). The molecule has 0 unspecified atom stereocenters. The monoisotopic (exact) mass is 415 g/mol. The first-order valence-corrected chi connectivity index (χ1v) is 8.52. The molecule has 0 saturated heterocycles. The fourth-order valence-electron chi connectivity index (χ4n) is 2.44. The summed E-state index contributed by atoms with van der Waals surface area (Å²) in [5.74, 6) is 5.55. The van der Waals surface area contributed by atoms with Crippen LogP contribution in [0, 0.1) is 11.8 Å². The molecule has 9 heteroatoms. The molecule has 1 aromatic carbocycles. The van der Waals surface area contributed by atoms with Crippen LogP contribution in [0.3, 0.4) is 0 Å². The van der Waals surface area contributed by atoms with Crippen LogP contribution < -0.4 is 21.9 Å². The summed E-state index contributed by atoms with van der Waals surface area (Å²) in [6, 6.07) is 6.71. The Morgan fingerprint density at radius 3 is 2.40 bits per heavy atom. The predicted octanol–water partition coefficient (Wildman–Crippen LogP) is 3.19. The number of hydrogen-bond donors (Lipinski definition) is 3. The summed E-state index contributed by atoms with van der Waals surface area (Å²) >= 11 is 0. The van der Waals surface area contributed by atoms with Crippen molar-refractivity contribution in [2.24, 2.45) is 16.5 Å². The van der Waals surface area contributed by atoms with Gasteiger partial charge >= 0.3 is 6.18 Å². The molecular formula is C21H20F3N5O. The van der Waals surface area contributed by atoms with E-state index in [1.54, 1.807) is 19.1 Å². The topological polar surface area (TPSA) is 113 Å². The highest BCUT2D eigenvalue weighted by Gasteiger charge is 2.35. The van der Waals surface area contributed by atoms with E-state index in [4.69, 9.17) is 21.9 Å². The van der Waals surface area contributed by atoms with Crippen molar-refractivity contribution in [1.29, 1.82) is 0 Å². The maximum atomic E-state index is 13.5. The molecule has 0 aliphatic heterocycles. The number of nitrogen functional groups attached to an aromatic ring is 1. The van der Waals surface area contributed by atoms with Gasteiger partial charge in [0.2, 0.25) is 0 Å². The van der Waals surface area contributed by atoms with Gasteiger partial charge in [0.05, 0.1) is 24.0 Å². The van der Waals surface area contributed by atoms with E-state index in [0.29, 0.717) is 11.4 Å². The Labute approximate surface area is 172 Å². The number of rotatable bonds is 4. The van der Waals surface area contributed by atoms with Gasteiger partial charge in [-0.1, -0.05) is 18.4 Å². The molecule has 30 heavy (non-hydrogen) atoms. The summed E-state index contributed by atoms with van der Waals surface area (Å²) in [5, 5.41) is 0. The van der Waals surface area contributed by atoms with Crippen molar-refractivity contribution >= 4 is 11.5 Å². The van der Waals surface area contributed by atoms with E-state index in [0.717, 1.165) is 13.2 Å². The minimum absolute atomic E-state index is 0.0477. The molecular weight excluding hydrogens is 395 g/mol. The molecule has 0 fully saturated rings. The van der Waals surface area contributed by atoms with Gasteiger partial charge in [0, 0.05) is 23.0 Å². The second-order valence-electron chi connectivity index (χ2n) is 6.14. The highest BCUT2D eigenvalue weighted by Crippen LogP contribution is 2.37. The fraction of sp³-hybridized carbons (Fsp3) is 0.143. The molecule has 0 spiro atoms. The summed E-state index contributed by atoms with van der Waals surface area (Å²) in [6.45, 7) is 5.05. The van der Waals surface area contributed by atoms with Crippen molar-refractivity contribution in [2.45, 2.75) is 13.1 Å². The summed E-state index contributed by atoms with van der Waals surface area (Å²) in [5.41, 5.74) is 17.2. The third kappa shape index (κ3) is 5.54. The third-order valence-corrected chi connectivity index (χ3v) is 3.78. The van der Waals surface area contributed by atoms with E-state index >= 15 is 0 Å². The van der Waals surface area contributed by atoms with Crippen LogP contribution in [0.2, 0.25) is 0 Å². The molecule has 0 atom stereocenters. The number of ether oxygens (including phenoxy) is 1. The Kier molecular flexibility index (Phi) is 6.74. The molecule has 0 bridgehead atoms. The van der Waals surface area contributed by atoms with Crippen molar-refractivity contribution in [3.63, 3.8) is 0 Å². The zero-order valence-electron chi connectivity index (χ0n) is 16.3. The van der Waals surface area contributed by atoms with Crippen LogP contribution in [0.4, 0.5) is 19.0 Å². The van der Waals surface area contributed by atoms with Crippen LogP contribution >= 0.6 is 0 Å². The second kappa shape index (κ2) is 9.05. The van der Waals surface area contributed by atoms with Crippen LogP contribution in [-0.4, -0.2) is 17.8 Å². The number of methoxy groups -OCH3 is 1. The zero-order chi connectivity index (χ0) is 22.5. The van der Waals surface area contributed by atoms with Crippen molar-refractivity contribution in [1.82, 2.24) is 4.98 Å². The summed E-state index contributed by atoms with van der Waals surface area (Å²) in [6.07, 6.45) is -3.19. The van der Waals surface area contributed by atoms with Gasteiger partial charge in [-0.2, -0.15) is 13.2 Å². The normalized spacial score (nSPS) is 12.5. The first kappa shape index (κ1) is 22.4. The maximum absolute atomic E-state index is 13.5. The van der Waals surface area contributed by atoms with Gasteiger partial charge in [-0.25, -0.2) is 9.98 Å². The van der Waals surface area contributed by atoms with Crippen molar-refractivity contribution in [2.75, 3.05) is 12.8 Å². The van der Waals surface area contributed by atoms with E-state index in [9.17, 15) is 13.2 Å². The molecule has 0 aliphatic carbocycles. The number of alkyl halides is 3. The Balaban J connectivity index is 2.66. The van der Waals surface area contributed by atoms with Gasteiger partial charge in [-0.05, 0) is 37.3 Å². The minimum Gasteiger partial charge on any atom is -0.496 e. The number of aliphatic imine (C=N–C) groups is 1. The Hall–Kier alpha value is -3.93. The first-order chi connectivity index (χ1) is 14.0. The summed E-state index contributed by atoms with van der Waals surface area (Å²) in [7, 11) is 1.16. The first-order valence-electron chi connectivity index (χ1n) is 8.52. The van der Waals surface area contributed by atoms with Gasteiger partial charge in [0.1, 0.15) is 17.4 Å². The average molecular weight is 415 g/mol. The van der Waals surface area contributed by atoms with Crippen LogP contribution in [-0.2, 0) is 6.18 Å². The summed E-state index contributed by atoms with van der Waals surface area (Å²) in [4.78, 5) is 8.03. The number of aromatic nitrogens is 1. The lowest BCUT2D eigenvalue weighted by atomic mass is 9.98. The van der Waals surface area contributed by atoms with Gasteiger partial charge in [0.15, 0.2) is 0 Å². The Bertz CT molecular complexity index is 1070.